The van der Waals surface area contributed by atoms with Crippen molar-refractivity contribution in [3.05, 3.63) is 71.2 Å². The molecule has 3 rings (SSSR count). The molecular formula is C15H11BrFN3. The third-order valence-electron chi connectivity index (χ3n) is 2.85. The van der Waals surface area contributed by atoms with Crippen molar-refractivity contribution in [1.82, 2.24) is 9.55 Å². The molecule has 1 heterocycles. The predicted molar refractivity (Wildman–Crippen MR) is 80.9 cm³/mol. The Bertz CT molecular complexity index is 725. The van der Waals surface area contributed by atoms with Crippen molar-refractivity contribution >= 4 is 27.6 Å². The highest BCUT2D eigenvalue weighted by molar-refractivity contribution is 9.10. The van der Waals surface area contributed by atoms with Gasteiger partial charge in [0.1, 0.15) is 5.82 Å². The molecule has 0 aliphatic rings. The topological polar surface area (TPSA) is 29.9 Å². The number of nitrogens with one attached hydrogen (secondary N) is 1. The van der Waals surface area contributed by atoms with Gasteiger partial charge in [0.15, 0.2) is 0 Å². The minimum absolute atomic E-state index is 0.312. The summed E-state index contributed by atoms with van der Waals surface area (Å²) in [5.41, 5.74) is 1.64. The second-order valence-electron chi connectivity index (χ2n) is 4.21. The maximum Gasteiger partial charge on any atom is 0.212 e. The van der Waals surface area contributed by atoms with Crippen LogP contribution in [0.15, 0.2) is 65.4 Å². The fourth-order valence-electron chi connectivity index (χ4n) is 1.90. The van der Waals surface area contributed by atoms with Crippen molar-refractivity contribution in [3.8, 4) is 5.69 Å². The highest BCUT2D eigenvalue weighted by Gasteiger charge is 2.06. The Morgan fingerprint density at radius 3 is 2.65 bits per heavy atom. The van der Waals surface area contributed by atoms with Crippen molar-refractivity contribution in [2.75, 3.05) is 5.32 Å². The van der Waals surface area contributed by atoms with E-state index in [1.54, 1.807) is 18.3 Å². The van der Waals surface area contributed by atoms with Crippen LogP contribution < -0.4 is 5.32 Å². The average molecular weight is 332 g/mol. The first kappa shape index (κ1) is 12.9. The van der Waals surface area contributed by atoms with E-state index < -0.39 is 0 Å². The number of anilines is 2. The number of benzene rings is 2. The van der Waals surface area contributed by atoms with E-state index in [-0.39, 0.29) is 5.82 Å². The highest BCUT2D eigenvalue weighted by Crippen LogP contribution is 2.23. The van der Waals surface area contributed by atoms with Crippen LogP contribution in [0.5, 0.6) is 0 Å². The van der Waals surface area contributed by atoms with E-state index in [0.717, 1.165) is 5.69 Å². The largest absolute Gasteiger partial charge is 0.325 e. The standard InChI is InChI=1S/C15H11BrFN3/c16-13-7-6-11(10-14(13)17)19-15-18-8-9-20(15)12-4-2-1-3-5-12/h1-10H,(H,18,19). The maximum atomic E-state index is 13.5. The fourth-order valence-corrected chi connectivity index (χ4v) is 2.14. The minimum atomic E-state index is -0.312. The van der Waals surface area contributed by atoms with E-state index in [9.17, 15) is 4.39 Å². The van der Waals surface area contributed by atoms with Crippen LogP contribution in [0.4, 0.5) is 16.0 Å². The van der Waals surface area contributed by atoms with Crippen LogP contribution in [-0.2, 0) is 0 Å². The number of rotatable bonds is 3. The molecule has 0 unspecified atom stereocenters. The van der Waals surface area contributed by atoms with Crippen LogP contribution in [0.1, 0.15) is 0 Å². The summed E-state index contributed by atoms with van der Waals surface area (Å²) in [6.07, 6.45) is 3.55. The molecule has 3 nitrogen and oxygen atoms in total. The molecule has 0 bridgehead atoms. The predicted octanol–water partition coefficient (Wildman–Crippen LogP) is 4.52. The minimum Gasteiger partial charge on any atom is -0.325 e. The van der Waals surface area contributed by atoms with Crippen LogP contribution in [0, 0.1) is 5.82 Å². The van der Waals surface area contributed by atoms with Crippen molar-refractivity contribution in [3.63, 3.8) is 0 Å². The van der Waals surface area contributed by atoms with Gasteiger partial charge in [0.25, 0.3) is 0 Å². The highest BCUT2D eigenvalue weighted by atomic mass is 79.9. The Morgan fingerprint density at radius 2 is 1.90 bits per heavy atom. The maximum absolute atomic E-state index is 13.5. The second kappa shape index (κ2) is 5.46. The van der Waals surface area contributed by atoms with Gasteiger partial charge in [0.05, 0.1) is 4.47 Å². The van der Waals surface area contributed by atoms with Gasteiger partial charge < -0.3 is 5.32 Å². The summed E-state index contributed by atoms with van der Waals surface area (Å²) < 4.78 is 15.9. The van der Waals surface area contributed by atoms with Crippen molar-refractivity contribution < 1.29 is 4.39 Å². The van der Waals surface area contributed by atoms with Gasteiger partial charge in [-0.15, -0.1) is 0 Å². The first-order valence-electron chi connectivity index (χ1n) is 6.05. The lowest BCUT2D eigenvalue weighted by atomic mass is 10.3. The lowest BCUT2D eigenvalue weighted by molar-refractivity contribution is 0.622. The van der Waals surface area contributed by atoms with Gasteiger partial charge in [-0.3, -0.25) is 4.57 Å². The molecule has 5 heteroatoms. The van der Waals surface area contributed by atoms with Crippen molar-refractivity contribution in [1.29, 1.82) is 0 Å². The number of nitrogens with zero attached hydrogens (tertiary/aromatic N) is 2. The molecule has 20 heavy (non-hydrogen) atoms. The SMILES string of the molecule is Fc1cc(Nc2nccn2-c2ccccc2)ccc1Br. The summed E-state index contributed by atoms with van der Waals surface area (Å²) in [7, 11) is 0. The van der Waals surface area contributed by atoms with Gasteiger partial charge in [-0.2, -0.15) is 0 Å². The molecule has 0 aliphatic carbocycles. The van der Waals surface area contributed by atoms with Crippen LogP contribution >= 0.6 is 15.9 Å². The van der Waals surface area contributed by atoms with Gasteiger partial charge in [0, 0.05) is 23.8 Å². The lowest BCUT2D eigenvalue weighted by Crippen LogP contribution is -2.01. The summed E-state index contributed by atoms with van der Waals surface area (Å²) in [5, 5.41) is 3.11. The second-order valence-corrected chi connectivity index (χ2v) is 5.06. The molecule has 1 N–H and O–H groups in total. The molecule has 0 aliphatic heterocycles. The van der Waals surface area contributed by atoms with E-state index in [1.165, 1.54) is 6.07 Å². The zero-order chi connectivity index (χ0) is 13.9. The molecule has 100 valence electrons. The zero-order valence-electron chi connectivity index (χ0n) is 10.4. The van der Waals surface area contributed by atoms with Gasteiger partial charge in [-0.05, 0) is 46.3 Å². The number of para-hydroxylation sites is 1. The monoisotopic (exact) mass is 331 g/mol. The Balaban J connectivity index is 1.92. The van der Waals surface area contributed by atoms with Crippen LogP contribution in [0.25, 0.3) is 5.69 Å². The third-order valence-corrected chi connectivity index (χ3v) is 3.49. The Morgan fingerprint density at radius 1 is 1.10 bits per heavy atom. The summed E-state index contributed by atoms with van der Waals surface area (Å²) in [6.45, 7) is 0. The quantitative estimate of drug-likeness (QED) is 0.764. The number of halogens is 2. The third kappa shape index (κ3) is 2.58. The van der Waals surface area contributed by atoms with E-state index in [4.69, 9.17) is 0 Å². The number of hydrogen-bond donors (Lipinski definition) is 1. The molecule has 0 amide bonds. The first-order chi connectivity index (χ1) is 9.74. The summed E-state index contributed by atoms with van der Waals surface area (Å²) in [4.78, 5) is 4.26. The van der Waals surface area contributed by atoms with Crippen molar-refractivity contribution in [2.45, 2.75) is 0 Å². The normalized spacial score (nSPS) is 10.5. The van der Waals surface area contributed by atoms with Crippen LogP contribution in [-0.4, -0.2) is 9.55 Å². The van der Waals surface area contributed by atoms with E-state index in [0.29, 0.717) is 16.1 Å². The number of aromatic nitrogens is 2. The smallest absolute Gasteiger partial charge is 0.212 e. The molecule has 0 atom stereocenters. The first-order valence-corrected chi connectivity index (χ1v) is 6.84. The molecule has 0 saturated carbocycles. The van der Waals surface area contributed by atoms with Crippen LogP contribution in [0.3, 0.4) is 0 Å². The molecule has 2 aromatic carbocycles. The molecule has 0 spiro atoms. The molecule has 0 fully saturated rings. The van der Waals surface area contributed by atoms with Crippen LogP contribution in [0.2, 0.25) is 0 Å². The molecule has 0 radical (unpaired) electrons. The average Bonchev–Trinajstić information content (AvgIpc) is 2.92. The Hall–Kier alpha value is -2.14. The van der Waals surface area contributed by atoms with Gasteiger partial charge >= 0.3 is 0 Å². The van der Waals surface area contributed by atoms with Gasteiger partial charge in [-0.1, -0.05) is 18.2 Å². The summed E-state index contributed by atoms with van der Waals surface area (Å²) >= 11 is 3.13. The van der Waals surface area contributed by atoms with Crippen molar-refractivity contribution in [2.24, 2.45) is 0 Å². The van der Waals surface area contributed by atoms with E-state index in [2.05, 4.69) is 26.2 Å². The lowest BCUT2D eigenvalue weighted by Gasteiger charge is -2.10. The summed E-state index contributed by atoms with van der Waals surface area (Å²) in [6, 6.07) is 14.7. The molecule has 1 aromatic heterocycles. The Kier molecular flexibility index (Phi) is 3.52. The van der Waals surface area contributed by atoms with E-state index in [1.807, 2.05) is 41.1 Å². The number of hydrogen-bond acceptors (Lipinski definition) is 2. The van der Waals surface area contributed by atoms with Gasteiger partial charge in [-0.25, -0.2) is 9.37 Å². The number of imidazole rings is 1. The van der Waals surface area contributed by atoms with E-state index >= 15 is 0 Å². The molecule has 3 aromatic rings. The zero-order valence-corrected chi connectivity index (χ0v) is 12.0. The fraction of sp³-hybridized carbons (Fsp3) is 0. The van der Waals surface area contributed by atoms with Gasteiger partial charge in [0.2, 0.25) is 5.95 Å². The Labute approximate surface area is 124 Å². The molecular weight excluding hydrogens is 321 g/mol. The molecule has 0 saturated heterocycles. The summed E-state index contributed by atoms with van der Waals surface area (Å²) in [5.74, 6) is 0.325.